The number of phenolic OH excluding ortho intramolecular Hbond substituents is 1. The van der Waals surface area contributed by atoms with Crippen LogP contribution in [-0.2, 0) is 4.74 Å². The highest BCUT2D eigenvalue weighted by Gasteiger charge is 2.21. The van der Waals surface area contributed by atoms with Gasteiger partial charge in [0, 0.05) is 10.6 Å². The number of rotatable bonds is 4. The van der Waals surface area contributed by atoms with Crippen LogP contribution in [0, 0.1) is 0 Å². The number of carbonyl (C=O) groups excluding carboxylic acids is 1. The molecule has 3 aromatic rings. The quantitative estimate of drug-likeness (QED) is 0.719. The molecule has 1 unspecified atom stereocenters. The summed E-state index contributed by atoms with van der Waals surface area (Å²) < 4.78 is 10.8. The molecule has 1 N–H and O–H groups in total. The van der Waals surface area contributed by atoms with E-state index < -0.39 is 12.1 Å². The maximum atomic E-state index is 12.1. The number of benzene rings is 2. The second-order valence-corrected chi connectivity index (χ2v) is 5.46. The molecule has 0 aliphatic rings. The van der Waals surface area contributed by atoms with Crippen molar-refractivity contribution in [2.24, 2.45) is 0 Å². The number of phenols is 1. The zero-order valence-corrected chi connectivity index (χ0v) is 13.4. The van der Waals surface area contributed by atoms with E-state index in [0.29, 0.717) is 10.9 Å². The van der Waals surface area contributed by atoms with Gasteiger partial charge in [-0.2, -0.15) is 0 Å². The zero-order chi connectivity index (χ0) is 17.1. The maximum absolute atomic E-state index is 12.1. The minimum atomic E-state index is -0.766. The van der Waals surface area contributed by atoms with E-state index in [2.05, 4.69) is 10.2 Å². The van der Waals surface area contributed by atoms with Crippen molar-refractivity contribution in [3.8, 4) is 17.2 Å². The molecule has 1 aromatic heterocycles. The van der Waals surface area contributed by atoms with Crippen LogP contribution in [0.5, 0.6) is 5.75 Å². The Kier molecular flexibility index (Phi) is 4.48. The predicted molar refractivity (Wildman–Crippen MR) is 86.7 cm³/mol. The second kappa shape index (κ2) is 6.72. The van der Waals surface area contributed by atoms with Crippen LogP contribution in [0.25, 0.3) is 11.5 Å². The molecule has 0 radical (unpaired) electrons. The molecule has 122 valence electrons. The Labute approximate surface area is 142 Å². The van der Waals surface area contributed by atoms with Gasteiger partial charge >= 0.3 is 5.97 Å². The summed E-state index contributed by atoms with van der Waals surface area (Å²) in [5.74, 6) is -0.468. The van der Waals surface area contributed by atoms with Gasteiger partial charge in [0.2, 0.25) is 5.89 Å². The monoisotopic (exact) mass is 344 g/mol. The van der Waals surface area contributed by atoms with Crippen LogP contribution in [0.4, 0.5) is 0 Å². The first kappa shape index (κ1) is 16.0. The van der Waals surface area contributed by atoms with Crippen molar-refractivity contribution in [2.75, 3.05) is 0 Å². The molecule has 0 amide bonds. The molecule has 0 aliphatic heterocycles. The number of hydrogen-bond donors (Lipinski definition) is 1. The first-order valence-electron chi connectivity index (χ1n) is 7.13. The lowest BCUT2D eigenvalue weighted by Crippen LogP contribution is -2.09. The van der Waals surface area contributed by atoms with Crippen molar-refractivity contribution >= 4 is 17.6 Å². The molecule has 0 aliphatic carbocycles. The van der Waals surface area contributed by atoms with Crippen LogP contribution in [0.15, 0.2) is 52.9 Å². The summed E-state index contributed by atoms with van der Waals surface area (Å²) in [7, 11) is 0. The molecule has 3 rings (SSSR count). The van der Waals surface area contributed by atoms with Gasteiger partial charge in [-0.05, 0) is 37.3 Å². The molecule has 1 heterocycles. The van der Waals surface area contributed by atoms with Crippen molar-refractivity contribution in [3.05, 3.63) is 65.0 Å². The van der Waals surface area contributed by atoms with E-state index in [4.69, 9.17) is 20.8 Å². The Morgan fingerprint density at radius 3 is 2.67 bits per heavy atom. The van der Waals surface area contributed by atoms with Crippen molar-refractivity contribution < 1.29 is 19.1 Å². The summed E-state index contributed by atoms with van der Waals surface area (Å²) >= 11 is 5.74. The number of carbonyl (C=O) groups is 1. The van der Waals surface area contributed by atoms with Crippen LogP contribution in [0.2, 0.25) is 5.02 Å². The van der Waals surface area contributed by atoms with Crippen molar-refractivity contribution in [2.45, 2.75) is 13.0 Å². The number of ether oxygens (including phenoxy) is 1. The van der Waals surface area contributed by atoms with Gasteiger partial charge in [0.15, 0.2) is 6.10 Å². The number of nitrogens with zero attached hydrogens (tertiary/aromatic N) is 2. The first-order chi connectivity index (χ1) is 11.5. The van der Waals surface area contributed by atoms with E-state index in [1.807, 2.05) is 30.3 Å². The normalized spacial score (nSPS) is 11.9. The number of hydrogen-bond acceptors (Lipinski definition) is 6. The van der Waals surface area contributed by atoms with Crippen LogP contribution < -0.4 is 0 Å². The average Bonchev–Trinajstić information content (AvgIpc) is 3.05. The van der Waals surface area contributed by atoms with Crippen LogP contribution in [-0.4, -0.2) is 21.3 Å². The minimum Gasteiger partial charge on any atom is -0.507 e. The highest BCUT2D eigenvalue weighted by atomic mass is 35.5. The Morgan fingerprint density at radius 1 is 1.21 bits per heavy atom. The average molecular weight is 345 g/mol. The van der Waals surface area contributed by atoms with Gasteiger partial charge in [0.25, 0.3) is 5.89 Å². The van der Waals surface area contributed by atoms with Crippen LogP contribution in [0.1, 0.15) is 29.3 Å². The van der Waals surface area contributed by atoms with Crippen LogP contribution >= 0.6 is 11.6 Å². The summed E-state index contributed by atoms with van der Waals surface area (Å²) in [5, 5.41) is 17.9. The topological polar surface area (TPSA) is 85.5 Å². The summed E-state index contributed by atoms with van der Waals surface area (Å²) in [4.78, 5) is 12.1. The van der Waals surface area contributed by atoms with Gasteiger partial charge in [-0.1, -0.05) is 29.8 Å². The van der Waals surface area contributed by atoms with Gasteiger partial charge < -0.3 is 14.3 Å². The van der Waals surface area contributed by atoms with Gasteiger partial charge in [-0.3, -0.25) is 0 Å². The molecule has 0 fully saturated rings. The fourth-order valence-electron chi connectivity index (χ4n) is 2.05. The summed E-state index contributed by atoms with van der Waals surface area (Å²) in [6.45, 7) is 1.60. The molecule has 2 aromatic carbocycles. The van der Waals surface area contributed by atoms with Gasteiger partial charge in [0.05, 0.1) is 0 Å². The number of aromatic hydroxyl groups is 1. The molecule has 1 atom stereocenters. The Hall–Kier alpha value is -2.86. The van der Waals surface area contributed by atoms with Crippen molar-refractivity contribution in [3.63, 3.8) is 0 Å². The highest BCUT2D eigenvalue weighted by molar-refractivity contribution is 6.30. The number of esters is 1. The SMILES string of the molecule is CC(OC(=O)c1ccc(Cl)cc1O)c1nnc(-c2ccccc2)o1. The molecule has 0 saturated heterocycles. The van der Waals surface area contributed by atoms with E-state index in [0.717, 1.165) is 5.56 Å². The highest BCUT2D eigenvalue weighted by Crippen LogP contribution is 2.26. The van der Waals surface area contributed by atoms with E-state index in [9.17, 15) is 9.90 Å². The maximum Gasteiger partial charge on any atom is 0.342 e. The third-order valence-corrected chi connectivity index (χ3v) is 3.51. The Bertz CT molecular complexity index is 864. The Morgan fingerprint density at radius 2 is 1.96 bits per heavy atom. The summed E-state index contributed by atoms with van der Waals surface area (Å²) in [6, 6.07) is 13.4. The zero-order valence-electron chi connectivity index (χ0n) is 12.6. The Balaban J connectivity index is 1.74. The predicted octanol–water partition coefficient (Wildman–Crippen LogP) is 4.01. The number of aromatic nitrogens is 2. The standard InChI is InChI=1S/C17H13ClN2O4/c1-10(23-17(22)13-8-7-12(18)9-14(13)21)15-19-20-16(24-15)11-5-3-2-4-6-11/h2-10,21H,1H3. The van der Waals surface area contributed by atoms with Crippen molar-refractivity contribution in [1.29, 1.82) is 0 Å². The van der Waals surface area contributed by atoms with E-state index in [-0.39, 0.29) is 17.2 Å². The molecule has 7 heteroatoms. The summed E-state index contributed by atoms with van der Waals surface area (Å²) in [6.07, 6.45) is -0.766. The van der Waals surface area contributed by atoms with Gasteiger partial charge in [-0.15, -0.1) is 10.2 Å². The molecule has 24 heavy (non-hydrogen) atoms. The molecule has 0 bridgehead atoms. The van der Waals surface area contributed by atoms with Gasteiger partial charge in [-0.25, -0.2) is 4.79 Å². The third-order valence-electron chi connectivity index (χ3n) is 3.27. The molecular weight excluding hydrogens is 332 g/mol. The van der Waals surface area contributed by atoms with Crippen LogP contribution in [0.3, 0.4) is 0 Å². The third kappa shape index (κ3) is 3.38. The number of halogens is 1. The first-order valence-corrected chi connectivity index (χ1v) is 7.50. The van der Waals surface area contributed by atoms with Gasteiger partial charge in [0.1, 0.15) is 11.3 Å². The lowest BCUT2D eigenvalue weighted by Gasteiger charge is -2.10. The van der Waals surface area contributed by atoms with E-state index >= 15 is 0 Å². The molecular formula is C17H13ClN2O4. The fourth-order valence-corrected chi connectivity index (χ4v) is 2.21. The smallest absolute Gasteiger partial charge is 0.342 e. The molecule has 0 spiro atoms. The molecule has 0 saturated carbocycles. The summed E-state index contributed by atoms with van der Waals surface area (Å²) in [5.41, 5.74) is 0.777. The van der Waals surface area contributed by atoms with Crippen molar-refractivity contribution in [1.82, 2.24) is 10.2 Å². The minimum absolute atomic E-state index is 0.00838. The van der Waals surface area contributed by atoms with E-state index in [1.54, 1.807) is 6.92 Å². The lowest BCUT2D eigenvalue weighted by atomic mass is 10.2. The second-order valence-electron chi connectivity index (χ2n) is 5.02. The largest absolute Gasteiger partial charge is 0.507 e. The van der Waals surface area contributed by atoms with E-state index in [1.165, 1.54) is 18.2 Å². The lowest BCUT2D eigenvalue weighted by molar-refractivity contribution is 0.0277. The fraction of sp³-hybridized carbons (Fsp3) is 0.118. The molecule has 6 nitrogen and oxygen atoms in total.